The minimum absolute atomic E-state index is 0.0417. The fourth-order valence-electron chi connectivity index (χ4n) is 3.86. The molecule has 152 valence electrons. The lowest BCUT2D eigenvalue weighted by atomic mass is 9.90. The van der Waals surface area contributed by atoms with Gasteiger partial charge in [0.25, 0.3) is 0 Å². The van der Waals surface area contributed by atoms with Gasteiger partial charge in [-0.05, 0) is 25.3 Å². The van der Waals surface area contributed by atoms with Gasteiger partial charge < -0.3 is 9.64 Å². The highest BCUT2D eigenvalue weighted by Crippen LogP contribution is 2.31. The van der Waals surface area contributed by atoms with Gasteiger partial charge in [0.15, 0.2) is 16.4 Å². The first-order valence-electron chi connectivity index (χ1n) is 9.76. The molecule has 1 aliphatic carbocycles. The summed E-state index contributed by atoms with van der Waals surface area (Å²) in [6.45, 7) is 1.06. The monoisotopic (exact) mass is 430 g/mol. The third kappa shape index (κ3) is 4.53. The number of carbonyl (C=O) groups is 3. The van der Waals surface area contributed by atoms with Gasteiger partial charge in [0, 0.05) is 41.6 Å². The van der Waals surface area contributed by atoms with Crippen LogP contribution in [0.3, 0.4) is 0 Å². The van der Waals surface area contributed by atoms with Crippen molar-refractivity contribution in [1.82, 2.24) is 9.88 Å². The normalized spacial score (nSPS) is 18.8. The van der Waals surface area contributed by atoms with E-state index in [2.05, 4.69) is 4.98 Å². The van der Waals surface area contributed by atoms with E-state index < -0.39 is 0 Å². The number of hydrogen-bond donors (Lipinski definition) is 0. The maximum absolute atomic E-state index is 12.3. The standard InChI is InChI=1S/C21H22N2O4S2/c24-11-14-13-29-21(22-14)28-10-9-23-15(7-8-20(23)26)12-27-19-6-2-3-16-17(19)4-1-5-18(16)25/h2-3,6,11,13,15H,1,4-5,7-10,12H2/t15-/m1/s1. The van der Waals surface area contributed by atoms with Crippen LogP contribution in [-0.2, 0) is 11.2 Å². The van der Waals surface area contributed by atoms with Crippen molar-refractivity contribution in [2.75, 3.05) is 18.9 Å². The fraction of sp³-hybridized carbons (Fsp3) is 0.429. The molecule has 1 saturated heterocycles. The van der Waals surface area contributed by atoms with Gasteiger partial charge in [0.05, 0.1) is 6.04 Å². The van der Waals surface area contributed by atoms with Crippen LogP contribution in [0, 0.1) is 0 Å². The van der Waals surface area contributed by atoms with Crippen LogP contribution in [0.4, 0.5) is 0 Å². The maximum Gasteiger partial charge on any atom is 0.223 e. The fourth-order valence-corrected chi connectivity index (χ4v) is 5.65. The highest BCUT2D eigenvalue weighted by molar-refractivity contribution is 8.01. The zero-order chi connectivity index (χ0) is 20.2. The number of thioether (sulfide) groups is 1. The summed E-state index contributed by atoms with van der Waals surface area (Å²) in [5.41, 5.74) is 2.23. The number of rotatable bonds is 8. The van der Waals surface area contributed by atoms with Crippen molar-refractivity contribution in [3.8, 4) is 5.75 Å². The Labute approximate surface area is 177 Å². The van der Waals surface area contributed by atoms with Crippen molar-refractivity contribution in [2.24, 2.45) is 0 Å². The Balaban J connectivity index is 1.34. The molecule has 8 heteroatoms. The number of amides is 1. The number of nitrogens with zero attached hydrogens (tertiary/aromatic N) is 2. The summed E-state index contributed by atoms with van der Waals surface area (Å²) in [6, 6.07) is 5.70. The first kappa shape index (κ1) is 20.1. The Kier molecular flexibility index (Phi) is 6.30. The van der Waals surface area contributed by atoms with Crippen LogP contribution < -0.4 is 4.74 Å². The van der Waals surface area contributed by atoms with Crippen molar-refractivity contribution in [3.05, 3.63) is 40.4 Å². The van der Waals surface area contributed by atoms with E-state index in [1.165, 1.54) is 11.3 Å². The number of aldehydes is 1. The molecule has 1 aromatic carbocycles. The van der Waals surface area contributed by atoms with Crippen LogP contribution in [-0.4, -0.2) is 52.8 Å². The van der Waals surface area contributed by atoms with Gasteiger partial charge in [-0.15, -0.1) is 11.3 Å². The molecule has 0 saturated carbocycles. The molecule has 0 N–H and O–H groups in total. The maximum atomic E-state index is 12.3. The average Bonchev–Trinajstić information content (AvgIpc) is 3.34. The highest BCUT2D eigenvalue weighted by Gasteiger charge is 2.31. The number of carbonyl (C=O) groups excluding carboxylic acids is 3. The Bertz CT molecular complexity index is 927. The molecular weight excluding hydrogens is 408 g/mol. The van der Waals surface area contributed by atoms with Crippen molar-refractivity contribution in [2.45, 2.75) is 42.5 Å². The summed E-state index contributed by atoms with van der Waals surface area (Å²) in [4.78, 5) is 41.3. The molecule has 0 spiro atoms. The predicted molar refractivity (Wildman–Crippen MR) is 112 cm³/mol. The topological polar surface area (TPSA) is 76.6 Å². The Morgan fingerprint density at radius 2 is 2.17 bits per heavy atom. The largest absolute Gasteiger partial charge is 0.491 e. The third-order valence-electron chi connectivity index (χ3n) is 5.33. The second-order valence-electron chi connectivity index (χ2n) is 7.15. The SMILES string of the molecule is O=Cc1csc(SCCN2C(=O)CC[C@@H]2COc2cccc3c2CCCC3=O)n1. The van der Waals surface area contributed by atoms with Gasteiger partial charge in [-0.25, -0.2) is 4.98 Å². The van der Waals surface area contributed by atoms with Gasteiger partial charge in [-0.3, -0.25) is 14.4 Å². The molecule has 1 atom stereocenters. The first-order valence-corrected chi connectivity index (χ1v) is 11.6. The minimum atomic E-state index is 0.0417. The van der Waals surface area contributed by atoms with Crippen molar-refractivity contribution in [1.29, 1.82) is 0 Å². The molecule has 2 aromatic rings. The number of hydrogen-bond acceptors (Lipinski definition) is 7. The quantitative estimate of drug-likeness (QED) is 0.470. The lowest BCUT2D eigenvalue weighted by molar-refractivity contribution is -0.129. The summed E-state index contributed by atoms with van der Waals surface area (Å²) in [6.07, 6.45) is 4.39. The number of ether oxygens (including phenoxy) is 1. The number of likely N-dealkylation sites (tertiary alicyclic amines) is 1. The van der Waals surface area contributed by atoms with E-state index in [-0.39, 0.29) is 17.7 Å². The van der Waals surface area contributed by atoms with E-state index in [4.69, 9.17) is 4.74 Å². The van der Waals surface area contributed by atoms with Gasteiger partial charge in [-0.1, -0.05) is 23.9 Å². The predicted octanol–water partition coefficient (Wildman–Crippen LogP) is 3.64. The lowest BCUT2D eigenvalue weighted by Crippen LogP contribution is -2.38. The Morgan fingerprint density at radius 3 is 3.00 bits per heavy atom. The molecule has 0 bridgehead atoms. The van der Waals surface area contributed by atoms with Crippen molar-refractivity contribution in [3.63, 3.8) is 0 Å². The van der Waals surface area contributed by atoms with Crippen molar-refractivity contribution < 1.29 is 19.1 Å². The number of fused-ring (bicyclic) bond motifs is 1. The molecule has 1 amide bonds. The van der Waals surface area contributed by atoms with E-state index in [9.17, 15) is 14.4 Å². The zero-order valence-electron chi connectivity index (χ0n) is 16.0. The molecule has 1 aliphatic heterocycles. The van der Waals surface area contributed by atoms with Crippen LogP contribution in [0.1, 0.15) is 52.1 Å². The van der Waals surface area contributed by atoms with Crippen molar-refractivity contribution >= 4 is 41.1 Å². The molecule has 2 heterocycles. The van der Waals surface area contributed by atoms with Crippen LogP contribution in [0.15, 0.2) is 27.9 Å². The van der Waals surface area contributed by atoms with E-state index >= 15 is 0 Å². The molecular formula is C21H22N2O4S2. The summed E-state index contributed by atoms with van der Waals surface area (Å²) >= 11 is 3.00. The second-order valence-corrected chi connectivity index (χ2v) is 9.35. The van der Waals surface area contributed by atoms with E-state index in [1.807, 2.05) is 23.1 Å². The second kappa shape index (κ2) is 9.09. The molecule has 0 unspecified atom stereocenters. The summed E-state index contributed by atoms with van der Waals surface area (Å²) in [7, 11) is 0. The van der Waals surface area contributed by atoms with E-state index in [0.717, 1.165) is 52.5 Å². The smallest absolute Gasteiger partial charge is 0.223 e. The molecule has 1 fully saturated rings. The van der Waals surface area contributed by atoms with E-state index in [0.29, 0.717) is 31.7 Å². The van der Waals surface area contributed by atoms with Crippen LogP contribution in [0.2, 0.25) is 0 Å². The number of aromatic nitrogens is 1. The summed E-state index contributed by atoms with van der Waals surface area (Å²) < 4.78 is 6.94. The Hall–Kier alpha value is -2.19. The Morgan fingerprint density at radius 1 is 1.28 bits per heavy atom. The number of Topliss-reactive ketones (excluding diaryl/α,β-unsaturated/α-hetero) is 1. The number of ketones is 1. The summed E-state index contributed by atoms with van der Waals surface area (Å²) in [5, 5.41) is 1.73. The molecule has 29 heavy (non-hydrogen) atoms. The number of benzene rings is 1. The van der Waals surface area contributed by atoms with Gasteiger partial charge in [0.2, 0.25) is 5.91 Å². The lowest BCUT2D eigenvalue weighted by Gasteiger charge is -2.26. The molecule has 1 aromatic heterocycles. The molecule has 6 nitrogen and oxygen atoms in total. The zero-order valence-corrected chi connectivity index (χ0v) is 17.6. The summed E-state index contributed by atoms with van der Waals surface area (Å²) in [5.74, 6) is 1.83. The average molecular weight is 431 g/mol. The molecule has 2 aliphatic rings. The highest BCUT2D eigenvalue weighted by atomic mass is 32.2. The number of thiazole rings is 1. The van der Waals surface area contributed by atoms with E-state index in [1.54, 1.807) is 17.1 Å². The van der Waals surface area contributed by atoms with Gasteiger partial charge in [-0.2, -0.15) is 0 Å². The third-order valence-corrected chi connectivity index (χ3v) is 7.35. The minimum Gasteiger partial charge on any atom is -0.491 e. The first-order chi connectivity index (χ1) is 14.2. The molecule has 4 rings (SSSR count). The van der Waals surface area contributed by atoms with Crippen LogP contribution in [0.5, 0.6) is 5.75 Å². The van der Waals surface area contributed by atoms with Gasteiger partial charge in [0.1, 0.15) is 18.1 Å². The van der Waals surface area contributed by atoms with Crippen LogP contribution in [0.25, 0.3) is 0 Å². The molecule has 0 radical (unpaired) electrons. The van der Waals surface area contributed by atoms with Crippen LogP contribution >= 0.6 is 23.1 Å². The van der Waals surface area contributed by atoms with Gasteiger partial charge >= 0.3 is 0 Å².